The molecule has 6 rings (SSSR count). The van der Waals surface area contributed by atoms with Crippen LogP contribution in [-0.4, -0.2) is 51.8 Å². The summed E-state index contributed by atoms with van der Waals surface area (Å²) in [5.41, 5.74) is 4.92. The quantitative estimate of drug-likeness (QED) is 0.582. The number of aryl methyl sites for hydroxylation is 1. The Hall–Kier alpha value is -2.95. The third-order valence-corrected chi connectivity index (χ3v) is 8.68. The first-order chi connectivity index (χ1) is 17.5. The Morgan fingerprint density at radius 3 is 2.58 bits per heavy atom. The van der Waals surface area contributed by atoms with Crippen molar-refractivity contribution in [1.82, 2.24) is 9.88 Å². The topological polar surface area (TPSA) is 73.4 Å². The van der Waals surface area contributed by atoms with Crippen LogP contribution in [0.5, 0.6) is 0 Å². The van der Waals surface area contributed by atoms with Crippen LogP contribution in [0, 0.1) is 18.4 Å². The van der Waals surface area contributed by atoms with Gasteiger partial charge in [-0.1, -0.05) is 30.5 Å². The summed E-state index contributed by atoms with van der Waals surface area (Å²) in [5, 5.41) is 17.6. The Kier molecular flexibility index (Phi) is 6.18. The van der Waals surface area contributed by atoms with Crippen LogP contribution >= 0.6 is 11.6 Å². The molecule has 4 aliphatic rings. The number of hydrogen-bond donors (Lipinski definition) is 1. The Morgan fingerprint density at radius 1 is 1.08 bits per heavy atom. The number of hydrogen-bond acceptors (Lipinski definition) is 5. The molecule has 3 heterocycles. The van der Waals surface area contributed by atoms with Gasteiger partial charge >= 0.3 is 0 Å². The van der Waals surface area contributed by atoms with E-state index in [9.17, 15) is 9.90 Å². The number of carbonyl (C=O) groups is 1. The fraction of sp³-hybridized carbons (Fsp3) is 0.500. The van der Waals surface area contributed by atoms with Gasteiger partial charge in [-0.2, -0.15) is 5.10 Å². The normalized spacial score (nSPS) is 24.3. The van der Waals surface area contributed by atoms with Crippen molar-refractivity contribution in [3.8, 4) is 0 Å². The van der Waals surface area contributed by atoms with Crippen molar-refractivity contribution < 1.29 is 9.90 Å². The molecule has 186 valence electrons. The third kappa shape index (κ3) is 4.07. The number of aromatic nitrogens is 1. The van der Waals surface area contributed by atoms with Gasteiger partial charge in [-0.05, 0) is 68.7 Å². The number of anilines is 1. The number of nitrogens with zero attached hydrogens (tertiary/aromatic N) is 5. The van der Waals surface area contributed by atoms with Crippen LogP contribution in [0.15, 0.2) is 35.4 Å². The number of benzene rings is 1. The SMILES string of the molecule is [C-]#[N+]c1ccc(N2N=C3c4ccc(C(=O)N5CCC(O)CC5)nc4CC[C@H]3[C@H]2C2CCCC2)cc1Cl. The first kappa shape index (κ1) is 23.4. The van der Waals surface area contributed by atoms with E-state index in [1.54, 1.807) is 11.0 Å². The van der Waals surface area contributed by atoms with E-state index in [0.717, 1.165) is 35.5 Å². The number of carbonyl (C=O) groups excluding carboxylic acids is 1. The molecule has 8 heteroatoms. The minimum Gasteiger partial charge on any atom is -0.393 e. The third-order valence-electron chi connectivity index (χ3n) is 8.37. The molecule has 1 aromatic heterocycles. The second-order valence-electron chi connectivity index (χ2n) is 10.5. The van der Waals surface area contributed by atoms with Gasteiger partial charge in [0.1, 0.15) is 5.69 Å². The van der Waals surface area contributed by atoms with Gasteiger partial charge in [0.25, 0.3) is 5.91 Å². The summed E-state index contributed by atoms with van der Waals surface area (Å²) in [6, 6.07) is 9.75. The molecule has 1 aromatic carbocycles. The highest BCUT2D eigenvalue weighted by Crippen LogP contribution is 2.45. The lowest BCUT2D eigenvalue weighted by atomic mass is 9.76. The van der Waals surface area contributed by atoms with Crippen molar-refractivity contribution in [1.29, 1.82) is 0 Å². The van der Waals surface area contributed by atoms with E-state index in [0.29, 0.717) is 54.2 Å². The van der Waals surface area contributed by atoms with Crippen molar-refractivity contribution in [2.24, 2.45) is 16.9 Å². The maximum absolute atomic E-state index is 13.1. The van der Waals surface area contributed by atoms with Crippen LogP contribution < -0.4 is 5.01 Å². The van der Waals surface area contributed by atoms with E-state index in [1.165, 1.54) is 25.7 Å². The fourth-order valence-electron chi connectivity index (χ4n) is 6.50. The fourth-order valence-corrected chi connectivity index (χ4v) is 6.72. The number of aliphatic hydroxyl groups is 1. The minimum atomic E-state index is -0.314. The van der Waals surface area contributed by atoms with Gasteiger partial charge in [0.05, 0.1) is 35.8 Å². The molecular weight excluding hydrogens is 474 g/mol. The van der Waals surface area contributed by atoms with E-state index in [-0.39, 0.29) is 18.1 Å². The Labute approximate surface area is 216 Å². The molecule has 0 unspecified atom stereocenters. The van der Waals surface area contributed by atoms with Gasteiger partial charge in [-0.3, -0.25) is 9.80 Å². The maximum atomic E-state index is 13.1. The summed E-state index contributed by atoms with van der Waals surface area (Å²) >= 11 is 6.42. The number of halogens is 1. The monoisotopic (exact) mass is 503 g/mol. The summed E-state index contributed by atoms with van der Waals surface area (Å²) < 4.78 is 0. The molecule has 36 heavy (non-hydrogen) atoms. The van der Waals surface area contributed by atoms with E-state index in [1.807, 2.05) is 24.3 Å². The second-order valence-corrected chi connectivity index (χ2v) is 10.9. The molecule has 0 bridgehead atoms. The van der Waals surface area contributed by atoms with Crippen LogP contribution in [0.1, 0.15) is 66.7 Å². The summed E-state index contributed by atoms with van der Waals surface area (Å²) in [6.07, 6.45) is 7.63. The molecule has 7 nitrogen and oxygen atoms in total. The molecule has 2 fully saturated rings. The van der Waals surface area contributed by atoms with Crippen molar-refractivity contribution >= 4 is 34.6 Å². The number of pyridine rings is 1. The number of hydrazone groups is 1. The highest BCUT2D eigenvalue weighted by molar-refractivity contribution is 6.33. The summed E-state index contributed by atoms with van der Waals surface area (Å²) in [7, 11) is 0. The molecule has 1 N–H and O–H groups in total. The first-order valence-electron chi connectivity index (χ1n) is 13.1. The second kappa shape index (κ2) is 9.49. The summed E-state index contributed by atoms with van der Waals surface area (Å²) in [5.74, 6) is 0.826. The van der Waals surface area contributed by atoms with Gasteiger partial charge in [0.15, 0.2) is 0 Å². The van der Waals surface area contributed by atoms with Crippen LogP contribution in [0.3, 0.4) is 0 Å². The molecule has 1 amide bonds. The van der Waals surface area contributed by atoms with Crippen molar-refractivity contribution in [2.75, 3.05) is 18.1 Å². The zero-order chi connectivity index (χ0) is 24.8. The van der Waals surface area contributed by atoms with Crippen molar-refractivity contribution in [3.05, 3.63) is 63.7 Å². The lowest BCUT2D eigenvalue weighted by molar-refractivity contribution is 0.0541. The summed E-state index contributed by atoms with van der Waals surface area (Å²) in [4.78, 5) is 23.2. The van der Waals surface area contributed by atoms with Crippen LogP contribution in [0.2, 0.25) is 5.02 Å². The van der Waals surface area contributed by atoms with E-state index >= 15 is 0 Å². The highest BCUT2D eigenvalue weighted by Gasteiger charge is 2.46. The Morgan fingerprint density at radius 2 is 1.86 bits per heavy atom. The maximum Gasteiger partial charge on any atom is 0.272 e. The number of aliphatic hydroxyl groups excluding tert-OH is 1. The van der Waals surface area contributed by atoms with E-state index in [4.69, 9.17) is 28.3 Å². The number of likely N-dealkylation sites (tertiary alicyclic amines) is 1. The first-order valence-corrected chi connectivity index (χ1v) is 13.4. The predicted molar refractivity (Wildman–Crippen MR) is 140 cm³/mol. The molecule has 1 saturated carbocycles. The largest absolute Gasteiger partial charge is 0.393 e. The highest BCUT2D eigenvalue weighted by atomic mass is 35.5. The van der Waals surface area contributed by atoms with Crippen molar-refractivity contribution in [2.45, 2.75) is 63.5 Å². The van der Waals surface area contributed by atoms with E-state index < -0.39 is 0 Å². The molecule has 0 spiro atoms. The van der Waals surface area contributed by atoms with Gasteiger partial charge in [-0.25, -0.2) is 9.83 Å². The lowest BCUT2D eigenvalue weighted by Crippen LogP contribution is -2.41. The standard InChI is InChI=1S/C28H30ClN5O2/c1-30-24-9-6-18(16-22(24)29)34-27(17-4-2-3-5-17)21-8-10-23-20(26(21)32-34)7-11-25(31-23)28(36)33-14-12-19(35)13-15-33/h6-7,9,11,16-17,19,21,27,35H,2-5,8,10,12-15H2/t21-,27-/m1/s1. The van der Waals surface area contributed by atoms with Crippen LogP contribution in [0.25, 0.3) is 4.85 Å². The molecule has 2 aromatic rings. The zero-order valence-corrected chi connectivity index (χ0v) is 21.0. The molecule has 1 saturated heterocycles. The molecule has 2 atom stereocenters. The number of piperidine rings is 1. The average molecular weight is 504 g/mol. The van der Waals surface area contributed by atoms with Crippen molar-refractivity contribution in [3.63, 3.8) is 0 Å². The number of rotatable bonds is 3. The van der Waals surface area contributed by atoms with E-state index in [2.05, 4.69) is 9.85 Å². The molecular formula is C28H30ClN5O2. The Bertz CT molecular complexity index is 1260. The summed E-state index contributed by atoms with van der Waals surface area (Å²) in [6.45, 7) is 8.47. The van der Waals surface area contributed by atoms with Gasteiger partial charge in [0.2, 0.25) is 5.69 Å². The smallest absolute Gasteiger partial charge is 0.272 e. The van der Waals surface area contributed by atoms with Gasteiger partial charge in [-0.15, -0.1) is 0 Å². The van der Waals surface area contributed by atoms with Crippen LogP contribution in [0.4, 0.5) is 11.4 Å². The van der Waals surface area contributed by atoms with Gasteiger partial charge < -0.3 is 10.0 Å². The molecule has 0 radical (unpaired) electrons. The van der Waals surface area contributed by atoms with Gasteiger partial charge in [0, 0.05) is 29.6 Å². The van der Waals surface area contributed by atoms with Crippen LogP contribution in [-0.2, 0) is 6.42 Å². The minimum absolute atomic E-state index is 0.0554. The average Bonchev–Trinajstić information content (AvgIpc) is 3.56. The molecule has 2 aliphatic carbocycles. The lowest BCUT2D eigenvalue weighted by Gasteiger charge is -2.34. The zero-order valence-electron chi connectivity index (χ0n) is 20.2. The number of amides is 1. The predicted octanol–water partition coefficient (Wildman–Crippen LogP) is 5.23. The Balaban J connectivity index is 1.33. The molecule has 2 aliphatic heterocycles. The number of fused-ring (bicyclic) bond motifs is 3.